The number of hydrogen-bond donors (Lipinski definition) is 2. The zero-order valence-corrected chi connectivity index (χ0v) is 11.1. The van der Waals surface area contributed by atoms with Crippen LogP contribution in [0.5, 0.6) is 0 Å². The molecule has 8 heteroatoms. The lowest BCUT2D eigenvalue weighted by atomic mass is 10.3. The third-order valence-electron chi connectivity index (χ3n) is 1.82. The minimum atomic E-state index is -3.33. The summed E-state index contributed by atoms with van der Waals surface area (Å²) in [5, 5.41) is 1.59. The largest absolute Gasteiger partial charge is 0.315 e. The molecular formula is C8H13ClN2O3S2. The Kier molecular flexibility index (Phi) is 4.97. The summed E-state index contributed by atoms with van der Waals surface area (Å²) in [7, 11) is -3.33. The second-order valence-corrected chi connectivity index (χ2v) is 6.54. The number of aromatic amines is 1. The van der Waals surface area contributed by atoms with E-state index in [0.29, 0.717) is 11.6 Å². The smallest absolute Gasteiger partial charge is 0.304 e. The van der Waals surface area contributed by atoms with E-state index in [1.54, 1.807) is 12.3 Å². The van der Waals surface area contributed by atoms with E-state index in [4.69, 9.17) is 11.6 Å². The molecule has 2 N–H and O–H groups in total. The van der Waals surface area contributed by atoms with Crippen molar-refractivity contribution in [2.24, 2.45) is 5.92 Å². The van der Waals surface area contributed by atoms with Gasteiger partial charge in [0.1, 0.15) is 0 Å². The summed E-state index contributed by atoms with van der Waals surface area (Å²) in [6, 6.07) is 0. The molecule has 0 aliphatic heterocycles. The SMILES string of the molecule is CC(CCl)CS(=O)(=O)NCc1csc(=O)[nH]1. The van der Waals surface area contributed by atoms with E-state index in [0.717, 1.165) is 11.3 Å². The third-order valence-corrected chi connectivity index (χ3v) is 4.66. The normalized spacial score (nSPS) is 13.9. The number of halogens is 1. The van der Waals surface area contributed by atoms with Crippen LogP contribution in [0.3, 0.4) is 0 Å². The van der Waals surface area contributed by atoms with E-state index in [1.165, 1.54) is 0 Å². The molecule has 1 rings (SSSR count). The Hall–Kier alpha value is -0.370. The van der Waals surface area contributed by atoms with Crippen LogP contribution >= 0.6 is 22.9 Å². The number of thiazole rings is 1. The van der Waals surface area contributed by atoms with Gasteiger partial charge in [-0.3, -0.25) is 4.79 Å². The number of hydrogen-bond acceptors (Lipinski definition) is 4. The molecule has 0 fully saturated rings. The van der Waals surface area contributed by atoms with Gasteiger partial charge in [0.05, 0.1) is 12.3 Å². The first kappa shape index (κ1) is 13.7. The van der Waals surface area contributed by atoms with Gasteiger partial charge in [0.25, 0.3) is 0 Å². The van der Waals surface area contributed by atoms with Crippen molar-refractivity contribution in [3.63, 3.8) is 0 Å². The Bertz CT molecular complexity index is 479. The van der Waals surface area contributed by atoms with Gasteiger partial charge >= 0.3 is 4.87 Å². The molecule has 0 aliphatic carbocycles. The predicted octanol–water partition coefficient (Wildman–Crippen LogP) is 0.731. The maximum absolute atomic E-state index is 11.5. The number of aromatic nitrogens is 1. The van der Waals surface area contributed by atoms with Gasteiger partial charge in [0.15, 0.2) is 0 Å². The van der Waals surface area contributed by atoms with Gasteiger partial charge in [-0.25, -0.2) is 13.1 Å². The minimum Gasteiger partial charge on any atom is -0.315 e. The molecular weight excluding hydrogens is 272 g/mol. The fourth-order valence-corrected chi connectivity index (χ4v) is 3.25. The van der Waals surface area contributed by atoms with Crippen molar-refractivity contribution in [3.05, 3.63) is 20.7 Å². The lowest BCUT2D eigenvalue weighted by Gasteiger charge is -2.09. The van der Waals surface area contributed by atoms with E-state index in [1.807, 2.05) is 0 Å². The highest BCUT2D eigenvalue weighted by molar-refractivity contribution is 7.89. The van der Waals surface area contributed by atoms with Crippen molar-refractivity contribution in [1.82, 2.24) is 9.71 Å². The van der Waals surface area contributed by atoms with Crippen molar-refractivity contribution >= 4 is 33.0 Å². The monoisotopic (exact) mass is 284 g/mol. The zero-order chi connectivity index (χ0) is 12.2. The first-order chi connectivity index (χ1) is 7.43. The van der Waals surface area contributed by atoms with E-state index >= 15 is 0 Å². The predicted molar refractivity (Wildman–Crippen MR) is 65.5 cm³/mol. The Morgan fingerprint density at radius 2 is 2.31 bits per heavy atom. The molecule has 92 valence electrons. The van der Waals surface area contributed by atoms with E-state index in [9.17, 15) is 13.2 Å². The molecule has 0 aromatic carbocycles. The van der Waals surface area contributed by atoms with Crippen molar-refractivity contribution in [2.75, 3.05) is 11.6 Å². The average Bonchev–Trinajstić information content (AvgIpc) is 2.61. The van der Waals surface area contributed by atoms with Gasteiger partial charge in [-0.15, -0.1) is 11.6 Å². The van der Waals surface area contributed by atoms with Crippen LogP contribution < -0.4 is 9.60 Å². The van der Waals surface area contributed by atoms with E-state index < -0.39 is 10.0 Å². The maximum Gasteiger partial charge on any atom is 0.304 e. The topological polar surface area (TPSA) is 79.0 Å². The molecule has 5 nitrogen and oxygen atoms in total. The molecule has 16 heavy (non-hydrogen) atoms. The van der Waals surface area contributed by atoms with Gasteiger partial charge in [0, 0.05) is 17.0 Å². The fraction of sp³-hybridized carbons (Fsp3) is 0.625. The first-order valence-corrected chi connectivity index (χ1v) is 7.69. The Labute approximate surface area is 103 Å². The third kappa shape index (κ3) is 4.65. The molecule has 0 saturated heterocycles. The van der Waals surface area contributed by atoms with Gasteiger partial charge in [0.2, 0.25) is 10.0 Å². The molecule has 0 bridgehead atoms. The molecule has 0 radical (unpaired) electrons. The molecule has 1 aromatic rings. The van der Waals surface area contributed by atoms with Crippen LogP contribution in [0.15, 0.2) is 10.2 Å². The van der Waals surface area contributed by atoms with Crippen LogP contribution in [0.25, 0.3) is 0 Å². The van der Waals surface area contributed by atoms with Crippen molar-refractivity contribution in [2.45, 2.75) is 13.5 Å². The summed E-state index contributed by atoms with van der Waals surface area (Å²) >= 11 is 6.55. The second kappa shape index (κ2) is 5.81. The molecule has 1 aromatic heterocycles. The standard InChI is InChI=1S/C8H13ClN2O3S2/c1-6(2-9)5-16(13,14)10-3-7-4-15-8(12)11-7/h4,6,10H,2-3,5H2,1H3,(H,11,12). The fourth-order valence-electron chi connectivity index (χ4n) is 1.07. The maximum atomic E-state index is 11.5. The van der Waals surface area contributed by atoms with E-state index in [2.05, 4.69) is 9.71 Å². The molecule has 0 aliphatic rings. The Morgan fingerprint density at radius 1 is 1.62 bits per heavy atom. The summed E-state index contributed by atoms with van der Waals surface area (Å²) < 4.78 is 25.4. The van der Waals surface area contributed by atoms with E-state index in [-0.39, 0.29) is 23.1 Å². The number of sulfonamides is 1. The molecule has 1 atom stereocenters. The molecule has 0 saturated carbocycles. The van der Waals surface area contributed by atoms with Gasteiger partial charge < -0.3 is 4.98 Å². The summed E-state index contributed by atoms with van der Waals surface area (Å²) in [6.07, 6.45) is 0. The highest BCUT2D eigenvalue weighted by Crippen LogP contribution is 2.03. The quantitative estimate of drug-likeness (QED) is 0.756. The molecule has 1 heterocycles. The average molecular weight is 285 g/mol. The zero-order valence-electron chi connectivity index (χ0n) is 8.70. The van der Waals surface area contributed by atoms with Crippen LogP contribution in [0.4, 0.5) is 0 Å². The lowest BCUT2D eigenvalue weighted by Crippen LogP contribution is -2.29. The van der Waals surface area contributed by atoms with Gasteiger partial charge in [-0.2, -0.15) is 0 Å². The first-order valence-electron chi connectivity index (χ1n) is 4.63. The van der Waals surface area contributed by atoms with Crippen LogP contribution in [0.1, 0.15) is 12.6 Å². The minimum absolute atomic E-state index is 0.00906. The number of alkyl halides is 1. The van der Waals surface area contributed by atoms with Gasteiger partial charge in [-0.05, 0) is 5.92 Å². The Balaban J connectivity index is 2.51. The lowest BCUT2D eigenvalue weighted by molar-refractivity contribution is 0.568. The molecule has 0 spiro atoms. The molecule has 1 unspecified atom stereocenters. The highest BCUT2D eigenvalue weighted by Gasteiger charge is 2.14. The van der Waals surface area contributed by atoms with Crippen molar-refractivity contribution < 1.29 is 8.42 Å². The number of nitrogens with one attached hydrogen (secondary N) is 2. The van der Waals surface area contributed by atoms with Crippen LogP contribution in [0.2, 0.25) is 0 Å². The number of rotatable bonds is 6. The number of H-pyrrole nitrogens is 1. The van der Waals surface area contributed by atoms with Crippen molar-refractivity contribution in [1.29, 1.82) is 0 Å². The highest BCUT2D eigenvalue weighted by atomic mass is 35.5. The van der Waals surface area contributed by atoms with Crippen LogP contribution in [-0.2, 0) is 16.6 Å². The molecule has 0 amide bonds. The van der Waals surface area contributed by atoms with Gasteiger partial charge in [-0.1, -0.05) is 18.3 Å². The van der Waals surface area contributed by atoms with Crippen LogP contribution in [-0.4, -0.2) is 25.0 Å². The second-order valence-electron chi connectivity index (χ2n) is 3.54. The summed E-state index contributed by atoms with van der Waals surface area (Å²) in [5.74, 6) is 0.196. The van der Waals surface area contributed by atoms with Crippen LogP contribution in [0, 0.1) is 5.92 Å². The summed E-state index contributed by atoms with van der Waals surface area (Å²) in [6.45, 7) is 1.87. The summed E-state index contributed by atoms with van der Waals surface area (Å²) in [5.41, 5.74) is 0.567. The summed E-state index contributed by atoms with van der Waals surface area (Å²) in [4.78, 5) is 13.1. The Morgan fingerprint density at radius 3 is 2.81 bits per heavy atom. The van der Waals surface area contributed by atoms with Crippen molar-refractivity contribution in [3.8, 4) is 0 Å².